The minimum atomic E-state index is -0.195. The molecule has 0 aliphatic heterocycles. The Morgan fingerprint density at radius 3 is 2.33 bits per heavy atom. The molecule has 2 rings (SSSR count). The summed E-state index contributed by atoms with van der Waals surface area (Å²) < 4.78 is 0. The molecule has 1 atom stereocenters. The SMILES string of the molecule is CCCCC(C)C(=O)Nc1nc(C)c(C(=O)Nc2c(C)cc(C)cc2C)s1. The average Bonchev–Trinajstić information content (AvgIpc) is 2.95. The fourth-order valence-electron chi connectivity index (χ4n) is 3.08. The van der Waals surface area contributed by atoms with Gasteiger partial charge in [-0.15, -0.1) is 0 Å². The van der Waals surface area contributed by atoms with E-state index in [4.69, 9.17) is 0 Å². The Balaban J connectivity index is 2.12. The molecule has 27 heavy (non-hydrogen) atoms. The number of nitrogens with one attached hydrogen (secondary N) is 2. The van der Waals surface area contributed by atoms with Crippen molar-refractivity contribution in [3.63, 3.8) is 0 Å². The number of anilines is 2. The predicted molar refractivity (Wildman–Crippen MR) is 113 cm³/mol. The van der Waals surface area contributed by atoms with Gasteiger partial charge in [-0.05, 0) is 45.2 Å². The lowest BCUT2D eigenvalue weighted by atomic mass is 10.0. The summed E-state index contributed by atoms with van der Waals surface area (Å²) in [7, 11) is 0. The van der Waals surface area contributed by atoms with Crippen LogP contribution in [0.15, 0.2) is 12.1 Å². The van der Waals surface area contributed by atoms with Gasteiger partial charge in [-0.2, -0.15) is 0 Å². The molecule has 1 aromatic heterocycles. The third-order valence-electron chi connectivity index (χ3n) is 4.59. The summed E-state index contributed by atoms with van der Waals surface area (Å²) in [6.45, 7) is 11.8. The Morgan fingerprint density at radius 2 is 1.74 bits per heavy atom. The highest BCUT2D eigenvalue weighted by Gasteiger charge is 2.20. The van der Waals surface area contributed by atoms with Gasteiger partial charge in [0.05, 0.1) is 5.69 Å². The van der Waals surface area contributed by atoms with E-state index in [0.29, 0.717) is 15.7 Å². The third kappa shape index (κ3) is 5.39. The van der Waals surface area contributed by atoms with E-state index in [0.717, 1.165) is 36.1 Å². The Kier molecular flexibility index (Phi) is 7.13. The zero-order valence-corrected chi connectivity index (χ0v) is 17.8. The number of carbonyl (C=O) groups is 2. The molecule has 146 valence electrons. The summed E-state index contributed by atoms with van der Waals surface area (Å²) in [5.41, 5.74) is 4.68. The van der Waals surface area contributed by atoms with Gasteiger partial charge in [0.1, 0.15) is 4.88 Å². The predicted octanol–water partition coefficient (Wildman–Crippen LogP) is 5.39. The van der Waals surface area contributed by atoms with E-state index >= 15 is 0 Å². The zero-order valence-electron chi connectivity index (χ0n) is 17.0. The monoisotopic (exact) mass is 387 g/mol. The molecular weight excluding hydrogens is 358 g/mol. The minimum Gasteiger partial charge on any atom is -0.321 e. The van der Waals surface area contributed by atoms with Crippen LogP contribution in [0.2, 0.25) is 0 Å². The van der Waals surface area contributed by atoms with E-state index < -0.39 is 0 Å². The second-order valence-corrected chi connectivity index (χ2v) is 8.19. The highest BCUT2D eigenvalue weighted by molar-refractivity contribution is 7.17. The van der Waals surface area contributed by atoms with Crippen LogP contribution in [0.1, 0.15) is 65.2 Å². The van der Waals surface area contributed by atoms with Crippen LogP contribution in [0.5, 0.6) is 0 Å². The molecule has 5 nitrogen and oxygen atoms in total. The molecule has 0 saturated heterocycles. The molecule has 6 heteroatoms. The summed E-state index contributed by atoms with van der Waals surface area (Å²) in [5, 5.41) is 6.32. The number of aryl methyl sites for hydroxylation is 4. The Bertz CT molecular complexity index is 819. The number of hydrogen-bond acceptors (Lipinski definition) is 4. The van der Waals surface area contributed by atoms with Gasteiger partial charge in [-0.1, -0.05) is 55.7 Å². The van der Waals surface area contributed by atoms with E-state index in [1.807, 2.05) is 39.8 Å². The maximum atomic E-state index is 12.7. The van der Waals surface area contributed by atoms with Crippen molar-refractivity contribution < 1.29 is 9.59 Å². The molecule has 0 fully saturated rings. The maximum Gasteiger partial charge on any atom is 0.267 e. The number of hydrogen-bond donors (Lipinski definition) is 2. The van der Waals surface area contributed by atoms with Gasteiger partial charge in [-0.3, -0.25) is 9.59 Å². The maximum absolute atomic E-state index is 12.7. The molecule has 2 aromatic rings. The molecule has 1 heterocycles. The van der Waals surface area contributed by atoms with Gasteiger partial charge in [0.25, 0.3) is 5.91 Å². The molecule has 2 N–H and O–H groups in total. The van der Waals surface area contributed by atoms with Crippen molar-refractivity contribution in [1.29, 1.82) is 0 Å². The van der Waals surface area contributed by atoms with E-state index in [9.17, 15) is 9.59 Å². The van der Waals surface area contributed by atoms with Crippen molar-refractivity contribution in [3.8, 4) is 0 Å². The van der Waals surface area contributed by atoms with Crippen LogP contribution in [-0.2, 0) is 4.79 Å². The Morgan fingerprint density at radius 1 is 1.11 bits per heavy atom. The molecular formula is C21H29N3O2S. The van der Waals surface area contributed by atoms with Gasteiger partial charge < -0.3 is 10.6 Å². The van der Waals surface area contributed by atoms with Crippen LogP contribution in [0.3, 0.4) is 0 Å². The molecule has 1 aromatic carbocycles. The summed E-state index contributed by atoms with van der Waals surface area (Å²) in [5.74, 6) is -0.307. The number of unbranched alkanes of at least 4 members (excludes halogenated alkanes) is 1. The molecule has 0 bridgehead atoms. The summed E-state index contributed by atoms with van der Waals surface area (Å²) >= 11 is 1.22. The van der Waals surface area contributed by atoms with Gasteiger partial charge >= 0.3 is 0 Å². The molecule has 0 saturated carbocycles. The number of rotatable bonds is 7. The highest BCUT2D eigenvalue weighted by Crippen LogP contribution is 2.27. The second-order valence-electron chi connectivity index (χ2n) is 7.19. The van der Waals surface area contributed by atoms with Crippen molar-refractivity contribution in [2.75, 3.05) is 10.6 Å². The average molecular weight is 388 g/mol. The molecule has 0 radical (unpaired) electrons. The van der Waals surface area contributed by atoms with Crippen LogP contribution in [0.25, 0.3) is 0 Å². The lowest BCUT2D eigenvalue weighted by Gasteiger charge is -2.12. The number of thiazole rings is 1. The third-order valence-corrected chi connectivity index (χ3v) is 5.66. The lowest BCUT2D eigenvalue weighted by Crippen LogP contribution is -2.20. The largest absolute Gasteiger partial charge is 0.321 e. The quantitative estimate of drug-likeness (QED) is 0.669. The normalized spacial score (nSPS) is 11.9. The zero-order chi connectivity index (χ0) is 20.1. The first-order chi connectivity index (χ1) is 12.7. The molecule has 0 aliphatic rings. The van der Waals surface area contributed by atoms with Gasteiger partial charge in [0.15, 0.2) is 5.13 Å². The number of aromatic nitrogens is 1. The van der Waals surface area contributed by atoms with Crippen molar-refractivity contribution in [2.24, 2.45) is 5.92 Å². The smallest absolute Gasteiger partial charge is 0.267 e. The van der Waals surface area contributed by atoms with Crippen molar-refractivity contribution >= 4 is 34.0 Å². The number of amides is 2. The first-order valence-electron chi connectivity index (χ1n) is 9.40. The molecule has 0 spiro atoms. The van der Waals surface area contributed by atoms with Crippen LogP contribution < -0.4 is 10.6 Å². The van der Waals surface area contributed by atoms with Crippen LogP contribution in [0, 0.1) is 33.6 Å². The van der Waals surface area contributed by atoms with Crippen molar-refractivity contribution in [1.82, 2.24) is 4.98 Å². The minimum absolute atomic E-state index is 0.0469. The van der Waals surface area contributed by atoms with Gasteiger partial charge in [-0.25, -0.2) is 4.98 Å². The number of carbonyl (C=O) groups excluding carboxylic acids is 2. The molecule has 1 unspecified atom stereocenters. The first kappa shape index (κ1) is 21.1. The van der Waals surface area contributed by atoms with Crippen LogP contribution in [0.4, 0.5) is 10.8 Å². The lowest BCUT2D eigenvalue weighted by molar-refractivity contribution is -0.119. The van der Waals surface area contributed by atoms with Crippen molar-refractivity contribution in [3.05, 3.63) is 39.4 Å². The van der Waals surface area contributed by atoms with E-state index in [1.165, 1.54) is 16.9 Å². The van der Waals surface area contributed by atoms with Crippen LogP contribution >= 0.6 is 11.3 Å². The highest BCUT2D eigenvalue weighted by atomic mass is 32.1. The number of nitrogens with zero attached hydrogens (tertiary/aromatic N) is 1. The van der Waals surface area contributed by atoms with E-state index in [2.05, 4.69) is 22.5 Å². The fraction of sp³-hybridized carbons (Fsp3) is 0.476. The number of benzene rings is 1. The molecule has 2 amide bonds. The van der Waals surface area contributed by atoms with E-state index in [1.54, 1.807) is 6.92 Å². The standard InChI is InChI=1S/C21H29N3O2S/c1-7-8-9-13(3)19(25)24-21-22-16(6)18(27-21)20(26)23-17-14(4)10-12(2)11-15(17)5/h10-11,13H,7-9H2,1-6H3,(H,23,26)(H,22,24,25). The Labute approximate surface area is 165 Å². The first-order valence-corrected chi connectivity index (χ1v) is 10.2. The second kappa shape index (κ2) is 9.13. The van der Waals surface area contributed by atoms with Crippen molar-refractivity contribution in [2.45, 2.75) is 60.8 Å². The van der Waals surface area contributed by atoms with Crippen LogP contribution in [-0.4, -0.2) is 16.8 Å². The van der Waals surface area contributed by atoms with Gasteiger partial charge in [0, 0.05) is 11.6 Å². The fourth-order valence-corrected chi connectivity index (χ4v) is 3.94. The topological polar surface area (TPSA) is 71.1 Å². The summed E-state index contributed by atoms with van der Waals surface area (Å²) in [4.78, 5) is 29.9. The Hall–Kier alpha value is -2.21. The van der Waals surface area contributed by atoms with Gasteiger partial charge in [0.2, 0.25) is 5.91 Å². The summed E-state index contributed by atoms with van der Waals surface area (Å²) in [6, 6.07) is 4.09. The van der Waals surface area contributed by atoms with E-state index in [-0.39, 0.29) is 17.7 Å². The molecule has 0 aliphatic carbocycles. The summed E-state index contributed by atoms with van der Waals surface area (Å²) in [6.07, 6.45) is 2.94.